The summed E-state index contributed by atoms with van der Waals surface area (Å²) in [5.74, 6) is -1.03. The lowest BCUT2D eigenvalue weighted by molar-refractivity contribution is 0.102. The van der Waals surface area contributed by atoms with E-state index < -0.39 is 26.6 Å². The van der Waals surface area contributed by atoms with Crippen molar-refractivity contribution in [2.45, 2.75) is 31.1 Å². The topological polar surface area (TPSA) is 110 Å². The van der Waals surface area contributed by atoms with Gasteiger partial charge in [0.25, 0.3) is 11.9 Å². The fraction of sp³-hybridized carbons (Fsp3) is 0.300. The zero-order valence-corrected chi connectivity index (χ0v) is 18.6. The maximum atomic E-state index is 14.2. The van der Waals surface area contributed by atoms with Crippen molar-refractivity contribution in [2.75, 3.05) is 19.4 Å². The van der Waals surface area contributed by atoms with Crippen LogP contribution in [0.2, 0.25) is 0 Å². The van der Waals surface area contributed by atoms with E-state index in [1.165, 1.54) is 24.8 Å². The molecule has 2 aromatic heterocycles. The van der Waals surface area contributed by atoms with Gasteiger partial charge in [0.05, 0.1) is 5.69 Å². The maximum absolute atomic E-state index is 14.2. The number of benzene rings is 1. The number of hydrogen-bond donors (Lipinski definition) is 1. The third-order valence-electron chi connectivity index (χ3n) is 4.41. The van der Waals surface area contributed by atoms with Gasteiger partial charge in [-0.15, -0.1) is 0 Å². The highest BCUT2D eigenvalue weighted by Gasteiger charge is 2.25. The van der Waals surface area contributed by atoms with Crippen LogP contribution >= 0.6 is 0 Å². The molecule has 0 fully saturated rings. The van der Waals surface area contributed by atoms with Crippen LogP contribution in [0, 0.1) is 5.82 Å². The van der Waals surface area contributed by atoms with Crippen LogP contribution < -0.4 is 5.32 Å². The molecule has 0 radical (unpaired) electrons. The molecule has 0 bridgehead atoms. The van der Waals surface area contributed by atoms with Crippen molar-refractivity contribution in [3.63, 3.8) is 0 Å². The van der Waals surface area contributed by atoms with Crippen molar-refractivity contribution in [3.05, 3.63) is 59.8 Å². The Kier molecular flexibility index (Phi) is 5.92. The summed E-state index contributed by atoms with van der Waals surface area (Å²) in [5, 5.41) is 7.20. The molecule has 31 heavy (non-hydrogen) atoms. The first kappa shape index (κ1) is 22.5. The minimum Gasteiger partial charge on any atom is -0.306 e. The van der Waals surface area contributed by atoms with Gasteiger partial charge in [-0.25, -0.2) is 27.1 Å². The zero-order chi connectivity index (χ0) is 23.0. The average molecular weight is 447 g/mol. The van der Waals surface area contributed by atoms with Gasteiger partial charge in [0, 0.05) is 43.5 Å². The molecule has 11 heteroatoms. The molecule has 0 saturated heterocycles. The first-order valence-corrected chi connectivity index (χ1v) is 10.8. The number of amides is 1. The molecule has 0 unspecified atom stereocenters. The quantitative estimate of drug-likeness (QED) is 0.645. The van der Waals surface area contributed by atoms with Crippen LogP contribution in [-0.4, -0.2) is 52.5 Å². The van der Waals surface area contributed by atoms with E-state index in [2.05, 4.69) is 20.4 Å². The van der Waals surface area contributed by atoms with Crippen LogP contribution in [0.5, 0.6) is 0 Å². The van der Waals surface area contributed by atoms with Crippen LogP contribution in [0.3, 0.4) is 0 Å². The van der Waals surface area contributed by atoms with Gasteiger partial charge < -0.3 is 5.32 Å². The molecule has 0 aliphatic heterocycles. The van der Waals surface area contributed by atoms with Gasteiger partial charge in [0.1, 0.15) is 16.5 Å². The molecule has 3 aromatic rings. The third kappa shape index (κ3) is 4.62. The van der Waals surface area contributed by atoms with E-state index in [1.54, 1.807) is 24.5 Å². The number of hydrogen-bond acceptors (Lipinski definition) is 6. The van der Waals surface area contributed by atoms with Gasteiger partial charge in [0.2, 0.25) is 10.0 Å². The fourth-order valence-electron chi connectivity index (χ4n) is 2.62. The summed E-state index contributed by atoms with van der Waals surface area (Å²) in [6, 6.07) is 6.51. The van der Waals surface area contributed by atoms with Gasteiger partial charge in [-0.2, -0.15) is 9.78 Å². The molecule has 164 valence electrons. The highest BCUT2D eigenvalue weighted by Crippen LogP contribution is 2.26. The molecular formula is C20H23FN6O3S. The number of rotatable bonds is 5. The van der Waals surface area contributed by atoms with Crippen LogP contribution in [-0.2, 0) is 15.4 Å². The largest absolute Gasteiger partial charge is 0.306 e. The van der Waals surface area contributed by atoms with Gasteiger partial charge in [-0.3, -0.25) is 4.79 Å². The number of halogens is 1. The highest BCUT2D eigenvalue weighted by atomic mass is 32.2. The second kappa shape index (κ2) is 8.16. The first-order chi connectivity index (χ1) is 14.4. The van der Waals surface area contributed by atoms with Crippen molar-refractivity contribution in [3.8, 4) is 5.95 Å². The molecule has 3 rings (SSSR count). The van der Waals surface area contributed by atoms with Gasteiger partial charge >= 0.3 is 0 Å². The average Bonchev–Trinajstić information content (AvgIpc) is 3.13. The minimum atomic E-state index is -4.06. The Morgan fingerprint density at radius 2 is 1.77 bits per heavy atom. The molecule has 0 atom stereocenters. The Bertz CT molecular complexity index is 1220. The number of carbonyl (C=O) groups excluding carboxylic acids is 1. The summed E-state index contributed by atoms with van der Waals surface area (Å²) in [6.45, 7) is 5.90. The predicted octanol–water partition coefficient (Wildman–Crippen LogP) is 2.60. The monoisotopic (exact) mass is 446 g/mol. The second-order valence-electron chi connectivity index (χ2n) is 8.01. The second-order valence-corrected chi connectivity index (χ2v) is 10.1. The smallest absolute Gasteiger partial charge is 0.256 e. The molecule has 0 aliphatic carbocycles. The van der Waals surface area contributed by atoms with Gasteiger partial charge in [-0.1, -0.05) is 20.8 Å². The van der Waals surface area contributed by atoms with Crippen molar-refractivity contribution >= 4 is 21.7 Å². The lowest BCUT2D eigenvalue weighted by Crippen LogP contribution is -2.24. The molecule has 1 amide bonds. The molecule has 0 aliphatic rings. The van der Waals surface area contributed by atoms with Crippen LogP contribution in [0.1, 0.15) is 36.8 Å². The Hall–Kier alpha value is -3.18. The van der Waals surface area contributed by atoms with E-state index in [4.69, 9.17) is 0 Å². The van der Waals surface area contributed by atoms with E-state index in [9.17, 15) is 17.6 Å². The predicted molar refractivity (Wildman–Crippen MR) is 113 cm³/mol. The molecule has 2 heterocycles. The highest BCUT2D eigenvalue weighted by molar-refractivity contribution is 7.89. The van der Waals surface area contributed by atoms with E-state index in [-0.39, 0.29) is 16.9 Å². The number of nitrogens with one attached hydrogen (secondary N) is 1. The Labute approximate surface area is 180 Å². The van der Waals surface area contributed by atoms with Crippen molar-refractivity contribution in [1.82, 2.24) is 24.1 Å². The Balaban J connectivity index is 2.02. The normalized spacial score (nSPS) is 12.2. The summed E-state index contributed by atoms with van der Waals surface area (Å²) in [7, 11) is -1.49. The summed E-state index contributed by atoms with van der Waals surface area (Å²) >= 11 is 0. The molecule has 0 saturated carbocycles. The number of sulfonamides is 1. The van der Waals surface area contributed by atoms with E-state index in [1.807, 2.05) is 20.8 Å². The molecular weight excluding hydrogens is 423 g/mol. The van der Waals surface area contributed by atoms with Gasteiger partial charge in [0.15, 0.2) is 0 Å². The van der Waals surface area contributed by atoms with Crippen LogP contribution in [0.25, 0.3) is 5.95 Å². The van der Waals surface area contributed by atoms with E-state index in [0.29, 0.717) is 11.5 Å². The summed E-state index contributed by atoms with van der Waals surface area (Å²) in [4.78, 5) is 20.6. The fourth-order valence-corrected chi connectivity index (χ4v) is 3.60. The van der Waals surface area contributed by atoms with Crippen LogP contribution in [0.4, 0.5) is 10.2 Å². The summed E-state index contributed by atoms with van der Waals surface area (Å²) < 4.78 is 41.2. The standard InChI is InChI=1S/C20H23FN6O3S/c1-20(2,3)16-12-17(27(25-16)19-22-9-6-10-23-19)24-18(28)13-7-8-14(21)15(11-13)31(29,30)26(4)5/h6-12H,1-5H3,(H,24,28). The Morgan fingerprint density at radius 3 is 2.35 bits per heavy atom. The maximum Gasteiger partial charge on any atom is 0.256 e. The summed E-state index contributed by atoms with van der Waals surface area (Å²) in [6.07, 6.45) is 3.09. The Morgan fingerprint density at radius 1 is 1.13 bits per heavy atom. The number of carbonyl (C=O) groups is 1. The molecule has 9 nitrogen and oxygen atoms in total. The van der Waals surface area contributed by atoms with Crippen molar-refractivity contribution in [1.29, 1.82) is 0 Å². The van der Waals surface area contributed by atoms with Gasteiger partial charge in [-0.05, 0) is 24.3 Å². The lowest BCUT2D eigenvalue weighted by atomic mass is 9.92. The molecule has 0 spiro atoms. The van der Waals surface area contributed by atoms with Crippen molar-refractivity contribution < 1.29 is 17.6 Å². The number of aromatic nitrogens is 4. The first-order valence-electron chi connectivity index (χ1n) is 9.32. The zero-order valence-electron chi connectivity index (χ0n) is 17.8. The third-order valence-corrected chi connectivity index (χ3v) is 6.24. The van der Waals surface area contributed by atoms with E-state index >= 15 is 0 Å². The van der Waals surface area contributed by atoms with Crippen molar-refractivity contribution in [2.24, 2.45) is 0 Å². The SMILES string of the molecule is CN(C)S(=O)(=O)c1cc(C(=O)Nc2cc(C(C)(C)C)nn2-c2ncccn2)ccc1F. The lowest BCUT2D eigenvalue weighted by Gasteiger charge is -2.13. The van der Waals surface area contributed by atoms with Crippen LogP contribution in [0.15, 0.2) is 47.6 Å². The summed E-state index contributed by atoms with van der Waals surface area (Å²) in [5.41, 5.74) is 0.341. The van der Waals surface area contributed by atoms with E-state index in [0.717, 1.165) is 16.4 Å². The number of anilines is 1. The minimum absolute atomic E-state index is 0.0270. The number of nitrogens with zero attached hydrogens (tertiary/aromatic N) is 5. The molecule has 1 N–H and O–H groups in total. The molecule has 1 aromatic carbocycles.